The van der Waals surface area contributed by atoms with Gasteiger partial charge in [0.05, 0.1) is 18.9 Å². The zero-order valence-electron chi connectivity index (χ0n) is 17.8. The summed E-state index contributed by atoms with van der Waals surface area (Å²) in [5.74, 6) is 2.87. The summed E-state index contributed by atoms with van der Waals surface area (Å²) in [6, 6.07) is 4.17. The predicted molar refractivity (Wildman–Crippen MR) is 113 cm³/mol. The Hall–Kier alpha value is -2.39. The fourth-order valence-corrected chi connectivity index (χ4v) is 5.61. The molecule has 2 unspecified atom stereocenters. The van der Waals surface area contributed by atoms with Crippen LogP contribution in [0, 0.1) is 11.8 Å². The maximum atomic E-state index is 12.7. The van der Waals surface area contributed by atoms with Gasteiger partial charge in [0.25, 0.3) is 0 Å². The number of ether oxygens (including phenoxy) is 2. The molecule has 6 rings (SSSR count). The van der Waals surface area contributed by atoms with E-state index in [1.165, 1.54) is 18.9 Å². The Morgan fingerprint density at radius 1 is 1.09 bits per heavy atom. The smallest absolute Gasteiger partial charge is 0.387 e. The van der Waals surface area contributed by atoms with Crippen LogP contribution in [0.5, 0.6) is 5.75 Å². The summed E-state index contributed by atoms with van der Waals surface area (Å²) in [5, 5.41) is 0. The number of morpholine rings is 1. The number of pyridine rings is 1. The molecule has 0 aromatic carbocycles. The van der Waals surface area contributed by atoms with Gasteiger partial charge in [-0.15, -0.1) is 0 Å². The Kier molecular flexibility index (Phi) is 4.98. The largest absolute Gasteiger partial charge is 0.431 e. The van der Waals surface area contributed by atoms with Crippen molar-refractivity contribution in [3.05, 3.63) is 29.8 Å². The minimum absolute atomic E-state index is 0.0587. The van der Waals surface area contributed by atoms with Gasteiger partial charge in [0, 0.05) is 48.4 Å². The van der Waals surface area contributed by atoms with Gasteiger partial charge in [0.15, 0.2) is 11.6 Å². The highest BCUT2D eigenvalue weighted by Gasteiger charge is 2.58. The standard InChI is InChI=1S/C23H27F2N5O2/c24-23(25)32-19-7-13(11-27-21(19)26)17-10-18(29-22(28-17)12-1-2-12)20-15-8-14(9-16(15)20)30-3-5-31-6-4-30/h7,10-12,14-16,20,23H,1-6,8-9H2,(H2,26,27)/t14?,15-,16+,20?. The number of rotatable bonds is 6. The van der Waals surface area contributed by atoms with Crippen LogP contribution in [0.25, 0.3) is 11.3 Å². The maximum Gasteiger partial charge on any atom is 0.387 e. The van der Waals surface area contributed by atoms with Crippen molar-refractivity contribution >= 4 is 5.82 Å². The fraction of sp³-hybridized carbons (Fsp3) is 0.609. The third-order valence-corrected chi connectivity index (χ3v) is 7.42. The molecule has 2 N–H and O–H groups in total. The molecule has 2 aromatic rings. The number of hydrogen-bond donors (Lipinski definition) is 1. The lowest BCUT2D eigenvalue weighted by atomic mass is 10.0. The molecular weight excluding hydrogens is 416 g/mol. The second-order valence-electron chi connectivity index (χ2n) is 9.42. The molecule has 3 saturated carbocycles. The molecule has 4 aliphatic rings. The molecular formula is C23H27F2N5O2. The monoisotopic (exact) mass is 443 g/mol. The topological polar surface area (TPSA) is 86.4 Å². The highest BCUT2D eigenvalue weighted by atomic mass is 19.3. The van der Waals surface area contributed by atoms with E-state index in [2.05, 4.69) is 14.6 Å². The van der Waals surface area contributed by atoms with E-state index in [4.69, 9.17) is 20.4 Å². The molecule has 3 heterocycles. The van der Waals surface area contributed by atoms with E-state index in [0.717, 1.165) is 50.7 Å². The predicted octanol–water partition coefficient (Wildman–Crippen LogP) is 3.42. The normalized spacial score (nSPS) is 29.8. The summed E-state index contributed by atoms with van der Waals surface area (Å²) < 4.78 is 35.5. The SMILES string of the molecule is Nc1ncc(-c2cc(C3[C@H]4CC(N5CCOCC5)C[C@@H]34)nc(C3CC3)n2)cc1OC(F)F. The van der Waals surface area contributed by atoms with E-state index in [1.807, 2.05) is 6.07 Å². The third kappa shape index (κ3) is 3.81. The van der Waals surface area contributed by atoms with Crippen molar-refractivity contribution in [2.24, 2.45) is 11.8 Å². The van der Waals surface area contributed by atoms with E-state index in [1.54, 1.807) is 6.20 Å². The van der Waals surface area contributed by atoms with Gasteiger partial charge in [0.2, 0.25) is 0 Å². The number of nitrogens with zero attached hydrogens (tertiary/aromatic N) is 4. The summed E-state index contributed by atoms with van der Waals surface area (Å²) in [7, 11) is 0. The van der Waals surface area contributed by atoms with E-state index >= 15 is 0 Å². The van der Waals surface area contributed by atoms with Gasteiger partial charge < -0.3 is 15.2 Å². The van der Waals surface area contributed by atoms with Crippen molar-refractivity contribution in [3.8, 4) is 17.0 Å². The lowest BCUT2D eigenvalue weighted by Gasteiger charge is -2.33. The molecule has 2 aromatic heterocycles. The summed E-state index contributed by atoms with van der Waals surface area (Å²) in [6.07, 6.45) is 6.18. The lowest BCUT2D eigenvalue weighted by Crippen LogP contribution is -2.43. The first-order chi connectivity index (χ1) is 15.6. The van der Waals surface area contributed by atoms with Gasteiger partial charge in [-0.25, -0.2) is 15.0 Å². The molecule has 32 heavy (non-hydrogen) atoms. The number of nitrogen functional groups attached to an aromatic ring is 1. The van der Waals surface area contributed by atoms with Crippen LogP contribution >= 0.6 is 0 Å². The maximum absolute atomic E-state index is 12.7. The van der Waals surface area contributed by atoms with Crippen LogP contribution in [-0.2, 0) is 4.74 Å². The number of hydrogen-bond acceptors (Lipinski definition) is 7. The van der Waals surface area contributed by atoms with E-state index in [0.29, 0.717) is 41.0 Å². The van der Waals surface area contributed by atoms with E-state index in [9.17, 15) is 8.78 Å². The molecule has 0 bridgehead atoms. The van der Waals surface area contributed by atoms with Crippen molar-refractivity contribution in [1.29, 1.82) is 0 Å². The average Bonchev–Trinajstić information content (AvgIpc) is 3.72. The van der Waals surface area contributed by atoms with Crippen molar-refractivity contribution < 1.29 is 18.3 Å². The molecule has 0 spiro atoms. The number of alkyl halides is 2. The fourth-order valence-electron chi connectivity index (χ4n) is 5.61. The van der Waals surface area contributed by atoms with Gasteiger partial charge in [-0.3, -0.25) is 4.90 Å². The summed E-state index contributed by atoms with van der Waals surface area (Å²) >= 11 is 0. The molecule has 9 heteroatoms. The molecule has 0 amide bonds. The van der Waals surface area contributed by atoms with Crippen LogP contribution in [0.15, 0.2) is 18.3 Å². The Bertz CT molecular complexity index is 1000. The molecule has 170 valence electrons. The first kappa shape index (κ1) is 20.2. The number of halogens is 2. The molecule has 7 nitrogen and oxygen atoms in total. The summed E-state index contributed by atoms with van der Waals surface area (Å²) in [6.45, 7) is 0.781. The lowest BCUT2D eigenvalue weighted by molar-refractivity contribution is -0.0494. The van der Waals surface area contributed by atoms with Crippen LogP contribution in [0.3, 0.4) is 0 Å². The minimum atomic E-state index is -2.96. The number of anilines is 1. The van der Waals surface area contributed by atoms with Gasteiger partial charge in [-0.1, -0.05) is 0 Å². The van der Waals surface area contributed by atoms with Gasteiger partial charge >= 0.3 is 6.61 Å². The summed E-state index contributed by atoms with van der Waals surface area (Å²) in [4.78, 5) is 16.3. The van der Waals surface area contributed by atoms with Gasteiger partial charge in [-0.05, 0) is 49.7 Å². The van der Waals surface area contributed by atoms with Crippen LogP contribution in [-0.4, -0.2) is 58.8 Å². The van der Waals surface area contributed by atoms with Gasteiger partial charge in [-0.2, -0.15) is 8.78 Å². The second-order valence-corrected chi connectivity index (χ2v) is 9.42. The molecule has 4 fully saturated rings. The molecule has 4 atom stereocenters. The average molecular weight is 443 g/mol. The van der Waals surface area contributed by atoms with Crippen LogP contribution in [0.2, 0.25) is 0 Å². The Morgan fingerprint density at radius 2 is 1.84 bits per heavy atom. The second kappa shape index (κ2) is 7.88. The quantitative estimate of drug-likeness (QED) is 0.732. The zero-order chi connectivity index (χ0) is 21.8. The van der Waals surface area contributed by atoms with Crippen molar-refractivity contribution in [3.63, 3.8) is 0 Å². The van der Waals surface area contributed by atoms with Crippen molar-refractivity contribution in [1.82, 2.24) is 19.9 Å². The van der Waals surface area contributed by atoms with Crippen LogP contribution in [0.4, 0.5) is 14.6 Å². The first-order valence-corrected chi connectivity index (χ1v) is 11.5. The number of aromatic nitrogens is 3. The number of nitrogens with two attached hydrogens (primary N) is 1. The Balaban J connectivity index is 1.25. The zero-order valence-corrected chi connectivity index (χ0v) is 17.8. The van der Waals surface area contributed by atoms with Crippen LogP contribution < -0.4 is 10.5 Å². The Morgan fingerprint density at radius 3 is 2.53 bits per heavy atom. The van der Waals surface area contributed by atoms with E-state index < -0.39 is 6.61 Å². The van der Waals surface area contributed by atoms with Crippen LogP contribution in [0.1, 0.15) is 49.0 Å². The molecule has 3 aliphatic carbocycles. The Labute approximate surface area is 185 Å². The van der Waals surface area contributed by atoms with Crippen molar-refractivity contribution in [2.45, 2.75) is 50.2 Å². The third-order valence-electron chi connectivity index (χ3n) is 7.42. The first-order valence-electron chi connectivity index (χ1n) is 11.5. The molecule has 0 radical (unpaired) electrons. The van der Waals surface area contributed by atoms with Crippen molar-refractivity contribution in [2.75, 3.05) is 32.0 Å². The van der Waals surface area contributed by atoms with Gasteiger partial charge in [0.1, 0.15) is 5.82 Å². The number of fused-ring (bicyclic) bond motifs is 1. The van der Waals surface area contributed by atoms with E-state index in [-0.39, 0.29) is 11.6 Å². The molecule has 1 saturated heterocycles. The minimum Gasteiger partial charge on any atom is -0.431 e. The molecule has 1 aliphatic heterocycles. The highest BCUT2D eigenvalue weighted by Crippen LogP contribution is 2.63. The summed E-state index contributed by atoms with van der Waals surface area (Å²) in [5.41, 5.74) is 8.13. The highest BCUT2D eigenvalue weighted by molar-refractivity contribution is 5.64.